The molecule has 0 spiro atoms. The molecule has 2 heterocycles. The summed E-state index contributed by atoms with van der Waals surface area (Å²) in [6.07, 6.45) is 6.42. The van der Waals surface area contributed by atoms with Crippen molar-refractivity contribution in [1.29, 1.82) is 0 Å². The number of thiophene rings is 1. The van der Waals surface area contributed by atoms with Crippen molar-refractivity contribution in [2.24, 2.45) is 0 Å². The highest BCUT2D eigenvalue weighted by atomic mass is 32.1. The Kier molecular flexibility index (Phi) is 6.53. The molecule has 9 aromatic rings. The third kappa shape index (κ3) is 4.54. The zero-order chi connectivity index (χ0) is 32.3. The highest BCUT2D eigenvalue weighted by Crippen LogP contribution is 2.49. The molecular formula is C46H31NOS. The number of allylic oxidation sites excluding steroid dienone is 1. The maximum Gasteiger partial charge on any atom is 0.137 e. The minimum absolute atomic E-state index is 0.922. The Balaban J connectivity index is 1.26. The van der Waals surface area contributed by atoms with E-state index in [1.165, 1.54) is 64.1 Å². The number of aryl methyl sites for hydroxylation is 1. The number of para-hydroxylation sites is 2. The van der Waals surface area contributed by atoms with E-state index in [0.29, 0.717) is 0 Å². The van der Waals surface area contributed by atoms with Crippen LogP contribution >= 0.6 is 11.3 Å². The van der Waals surface area contributed by atoms with E-state index in [0.717, 1.165) is 41.2 Å². The van der Waals surface area contributed by atoms with E-state index in [1.807, 2.05) is 11.3 Å². The first-order chi connectivity index (χ1) is 24.3. The van der Waals surface area contributed by atoms with Gasteiger partial charge in [-0.05, 0) is 53.1 Å². The summed E-state index contributed by atoms with van der Waals surface area (Å²) in [4.78, 5) is 2.44. The number of anilines is 3. The molecule has 49 heavy (non-hydrogen) atoms. The SMILES string of the molecule is C1=Cc2c(oc3cc(N(c4ccccc4-c4cccc5ccccc45)c4ccccc4-c4cccc5c4sc4ccccc45)ccc23)CC1. The van der Waals surface area contributed by atoms with Crippen molar-refractivity contribution < 1.29 is 4.42 Å². The van der Waals surface area contributed by atoms with E-state index in [1.54, 1.807) is 0 Å². The van der Waals surface area contributed by atoms with Crippen LogP contribution in [0.15, 0.2) is 162 Å². The van der Waals surface area contributed by atoms with Gasteiger partial charge in [0.2, 0.25) is 0 Å². The lowest BCUT2D eigenvalue weighted by atomic mass is 9.95. The van der Waals surface area contributed by atoms with Crippen LogP contribution in [0, 0.1) is 0 Å². The molecule has 2 nitrogen and oxygen atoms in total. The van der Waals surface area contributed by atoms with Crippen molar-refractivity contribution in [3.63, 3.8) is 0 Å². The van der Waals surface area contributed by atoms with Gasteiger partial charge in [0.25, 0.3) is 0 Å². The Morgan fingerprint density at radius 1 is 0.531 bits per heavy atom. The molecule has 2 aromatic heterocycles. The van der Waals surface area contributed by atoms with Gasteiger partial charge in [-0.25, -0.2) is 0 Å². The second-order valence-electron chi connectivity index (χ2n) is 12.7. The molecule has 0 saturated carbocycles. The lowest BCUT2D eigenvalue weighted by Gasteiger charge is -2.30. The fraction of sp³-hybridized carbons (Fsp3) is 0.0435. The second-order valence-corrected chi connectivity index (χ2v) is 13.8. The first kappa shape index (κ1) is 28.1. The van der Waals surface area contributed by atoms with E-state index < -0.39 is 0 Å². The predicted molar refractivity (Wildman–Crippen MR) is 210 cm³/mol. The molecule has 0 aliphatic heterocycles. The highest BCUT2D eigenvalue weighted by molar-refractivity contribution is 7.26. The standard InChI is InChI=1S/C46H31NOS/c1-2-15-32-30(13-1)14-11-20-33(32)34-16-3-7-23-41(34)47(31-27-28-37-36-18-5-9-25-43(36)48-44(37)29-31)42-24-8-4-17-35(42)39-21-12-22-40-38-19-6-10-26-45(38)49-46(39)40/h1-8,10-24,26-29H,9,25H2. The summed E-state index contributed by atoms with van der Waals surface area (Å²) >= 11 is 1.87. The van der Waals surface area contributed by atoms with Crippen LogP contribution < -0.4 is 4.90 Å². The molecule has 0 bridgehead atoms. The van der Waals surface area contributed by atoms with Crippen LogP contribution in [0.2, 0.25) is 0 Å². The monoisotopic (exact) mass is 645 g/mol. The number of rotatable bonds is 5. The Labute approximate surface area is 288 Å². The second kappa shape index (κ2) is 11.4. The molecule has 3 heteroatoms. The summed E-state index contributed by atoms with van der Waals surface area (Å²) in [7, 11) is 0. The third-order valence-electron chi connectivity index (χ3n) is 9.93. The van der Waals surface area contributed by atoms with E-state index in [9.17, 15) is 0 Å². The fourth-order valence-corrected chi connectivity index (χ4v) is 8.93. The van der Waals surface area contributed by atoms with Gasteiger partial charge in [-0.15, -0.1) is 11.3 Å². The summed E-state index contributed by atoms with van der Waals surface area (Å²) in [5, 5.41) is 6.24. The maximum absolute atomic E-state index is 6.56. The Bertz CT molecular complexity index is 2740. The highest BCUT2D eigenvalue weighted by Gasteiger charge is 2.24. The van der Waals surface area contributed by atoms with Crippen molar-refractivity contribution in [2.45, 2.75) is 12.8 Å². The van der Waals surface area contributed by atoms with E-state index in [4.69, 9.17) is 4.42 Å². The molecular weight excluding hydrogens is 615 g/mol. The van der Waals surface area contributed by atoms with Crippen molar-refractivity contribution >= 4 is 76.4 Å². The Morgan fingerprint density at radius 3 is 2.06 bits per heavy atom. The maximum atomic E-state index is 6.56. The summed E-state index contributed by atoms with van der Waals surface area (Å²) in [6.45, 7) is 0. The minimum Gasteiger partial charge on any atom is -0.460 e. The third-order valence-corrected chi connectivity index (χ3v) is 11.2. The van der Waals surface area contributed by atoms with Crippen LogP contribution in [0.1, 0.15) is 17.7 Å². The smallest absolute Gasteiger partial charge is 0.137 e. The molecule has 0 N–H and O–H groups in total. The molecule has 1 aliphatic rings. The number of hydrogen-bond donors (Lipinski definition) is 0. The van der Waals surface area contributed by atoms with Gasteiger partial charge in [0.05, 0.1) is 11.4 Å². The van der Waals surface area contributed by atoms with Crippen molar-refractivity contribution in [1.82, 2.24) is 0 Å². The predicted octanol–water partition coefficient (Wildman–Crippen LogP) is 13.7. The topological polar surface area (TPSA) is 16.4 Å². The van der Waals surface area contributed by atoms with E-state index in [2.05, 4.69) is 169 Å². The number of fused-ring (bicyclic) bond motifs is 7. The molecule has 0 amide bonds. The van der Waals surface area contributed by atoms with Crippen LogP contribution in [-0.2, 0) is 6.42 Å². The van der Waals surface area contributed by atoms with Crippen LogP contribution in [-0.4, -0.2) is 0 Å². The minimum atomic E-state index is 0.922. The number of nitrogens with zero attached hydrogens (tertiary/aromatic N) is 1. The molecule has 0 atom stereocenters. The zero-order valence-electron chi connectivity index (χ0n) is 26.8. The van der Waals surface area contributed by atoms with Crippen molar-refractivity contribution in [2.75, 3.05) is 4.90 Å². The summed E-state index contributed by atoms with van der Waals surface area (Å²) in [5.41, 5.74) is 10.2. The van der Waals surface area contributed by atoms with Crippen molar-refractivity contribution in [3.8, 4) is 22.3 Å². The van der Waals surface area contributed by atoms with Gasteiger partial charge in [0, 0.05) is 66.0 Å². The molecule has 1 aliphatic carbocycles. The fourth-order valence-electron chi connectivity index (χ4n) is 7.70. The van der Waals surface area contributed by atoms with Crippen molar-refractivity contribution in [3.05, 3.63) is 169 Å². The molecule has 0 radical (unpaired) electrons. The summed E-state index contributed by atoms with van der Waals surface area (Å²) in [6, 6.07) is 55.2. The quantitative estimate of drug-likeness (QED) is 0.185. The van der Waals surface area contributed by atoms with Crippen LogP contribution in [0.5, 0.6) is 0 Å². The summed E-state index contributed by atoms with van der Waals surface area (Å²) < 4.78 is 9.17. The molecule has 7 aromatic carbocycles. The lowest BCUT2D eigenvalue weighted by Crippen LogP contribution is -2.12. The normalized spacial score (nSPS) is 12.7. The number of furan rings is 1. The zero-order valence-corrected chi connectivity index (χ0v) is 27.6. The molecule has 0 fully saturated rings. The van der Waals surface area contributed by atoms with Crippen LogP contribution in [0.3, 0.4) is 0 Å². The van der Waals surface area contributed by atoms with Gasteiger partial charge in [-0.3, -0.25) is 0 Å². The van der Waals surface area contributed by atoms with Crippen LogP contribution in [0.4, 0.5) is 17.1 Å². The summed E-state index contributed by atoms with van der Waals surface area (Å²) in [5.74, 6) is 1.08. The van der Waals surface area contributed by atoms with Gasteiger partial charge in [0.1, 0.15) is 11.3 Å². The average Bonchev–Trinajstić information content (AvgIpc) is 3.73. The van der Waals surface area contributed by atoms with Gasteiger partial charge in [-0.1, -0.05) is 127 Å². The first-order valence-electron chi connectivity index (χ1n) is 16.9. The van der Waals surface area contributed by atoms with Gasteiger partial charge in [0.15, 0.2) is 0 Å². The molecule has 232 valence electrons. The van der Waals surface area contributed by atoms with Gasteiger partial charge in [-0.2, -0.15) is 0 Å². The average molecular weight is 646 g/mol. The first-order valence-corrected chi connectivity index (χ1v) is 17.7. The largest absolute Gasteiger partial charge is 0.460 e. The number of benzene rings is 7. The molecule has 10 rings (SSSR count). The van der Waals surface area contributed by atoms with E-state index >= 15 is 0 Å². The van der Waals surface area contributed by atoms with Gasteiger partial charge >= 0.3 is 0 Å². The Hall–Kier alpha value is -5.90. The number of hydrogen-bond acceptors (Lipinski definition) is 3. The molecule has 0 saturated heterocycles. The van der Waals surface area contributed by atoms with E-state index in [-0.39, 0.29) is 0 Å². The van der Waals surface area contributed by atoms with Crippen LogP contribution in [0.25, 0.3) is 70.2 Å². The lowest BCUT2D eigenvalue weighted by molar-refractivity contribution is 0.546. The van der Waals surface area contributed by atoms with Gasteiger partial charge < -0.3 is 9.32 Å². The molecule has 0 unspecified atom stereocenters. The Morgan fingerprint density at radius 2 is 1.18 bits per heavy atom.